The highest BCUT2D eigenvalue weighted by Crippen LogP contribution is 2.39. The highest BCUT2D eigenvalue weighted by atomic mass is 16.5. The van der Waals surface area contributed by atoms with Crippen molar-refractivity contribution in [1.29, 1.82) is 0 Å². The number of aromatic nitrogens is 2. The third kappa shape index (κ3) is 4.79. The van der Waals surface area contributed by atoms with Crippen molar-refractivity contribution >= 4 is 12.0 Å². The third-order valence-electron chi connectivity index (χ3n) is 3.77. The molecule has 1 atom stereocenters. The quantitative estimate of drug-likeness (QED) is 0.706. The molecule has 1 N–H and O–H groups in total. The van der Waals surface area contributed by atoms with Crippen molar-refractivity contribution in [2.45, 2.75) is 37.8 Å². The van der Waals surface area contributed by atoms with E-state index >= 15 is 0 Å². The first-order valence-corrected chi connectivity index (χ1v) is 8.03. The van der Waals surface area contributed by atoms with E-state index in [0.717, 1.165) is 18.4 Å². The van der Waals surface area contributed by atoms with Crippen LogP contribution in [0.25, 0.3) is 0 Å². The van der Waals surface area contributed by atoms with Gasteiger partial charge in [0.2, 0.25) is 5.89 Å². The maximum atomic E-state index is 11.6. The number of hydrogen-bond acceptors (Lipinski definition) is 7. The molecule has 1 aromatic carbocycles. The number of benzene rings is 1. The molecular formula is C17H21N3O4. The van der Waals surface area contributed by atoms with E-state index in [-0.39, 0.29) is 18.4 Å². The molecule has 1 aliphatic rings. The summed E-state index contributed by atoms with van der Waals surface area (Å²) >= 11 is 0. The summed E-state index contributed by atoms with van der Waals surface area (Å²) in [5.41, 5.74) is 1.07. The number of nitrogens with one attached hydrogen (secondary N) is 1. The van der Waals surface area contributed by atoms with E-state index in [1.165, 1.54) is 7.11 Å². The molecule has 3 rings (SSSR count). The van der Waals surface area contributed by atoms with E-state index in [2.05, 4.69) is 15.5 Å². The van der Waals surface area contributed by atoms with Crippen molar-refractivity contribution in [3.05, 3.63) is 41.8 Å². The largest absolute Gasteiger partial charge is 0.469 e. The van der Waals surface area contributed by atoms with E-state index in [0.29, 0.717) is 31.0 Å². The van der Waals surface area contributed by atoms with Crippen LogP contribution >= 0.6 is 0 Å². The summed E-state index contributed by atoms with van der Waals surface area (Å²) in [7, 11) is 1.36. The van der Waals surface area contributed by atoms with Gasteiger partial charge in [-0.25, -0.2) is 0 Å². The van der Waals surface area contributed by atoms with Crippen molar-refractivity contribution in [3.8, 4) is 0 Å². The molecule has 0 unspecified atom stereocenters. The van der Waals surface area contributed by atoms with Gasteiger partial charge in [-0.2, -0.15) is 0 Å². The Hall–Kier alpha value is -2.41. The average Bonchev–Trinajstić information content (AvgIpc) is 3.35. The van der Waals surface area contributed by atoms with Gasteiger partial charge < -0.3 is 19.2 Å². The standard InChI is InChI=1S/C17H21N3O4/c1-22-15(21)9-14(11-23-10-12-5-3-2-4-6-12)18-17-20-19-16(24-17)13-7-8-13/h2-6,13-14H,7-11H2,1H3,(H,18,20)/t14-/m1/s1. The average molecular weight is 331 g/mol. The van der Waals surface area contributed by atoms with E-state index in [1.54, 1.807) is 0 Å². The van der Waals surface area contributed by atoms with Crippen LogP contribution in [0, 0.1) is 0 Å². The predicted molar refractivity (Wildman–Crippen MR) is 86.4 cm³/mol. The molecule has 24 heavy (non-hydrogen) atoms. The summed E-state index contributed by atoms with van der Waals surface area (Å²) in [6.45, 7) is 0.794. The molecule has 1 fully saturated rings. The molecule has 0 saturated heterocycles. The maximum Gasteiger partial charge on any atom is 0.315 e. The SMILES string of the molecule is COC(=O)C[C@H](COCc1ccccc1)Nc1nnc(C2CC2)o1. The van der Waals surface area contributed by atoms with E-state index < -0.39 is 0 Å². The third-order valence-corrected chi connectivity index (χ3v) is 3.77. The van der Waals surface area contributed by atoms with E-state index in [1.807, 2.05) is 30.3 Å². The molecule has 0 aliphatic heterocycles. The van der Waals surface area contributed by atoms with Crippen LogP contribution in [0.2, 0.25) is 0 Å². The zero-order valence-electron chi connectivity index (χ0n) is 13.6. The lowest BCUT2D eigenvalue weighted by Crippen LogP contribution is -2.29. The predicted octanol–water partition coefficient (Wildman–Crippen LogP) is 2.51. The Balaban J connectivity index is 1.54. The number of nitrogens with zero attached hydrogens (tertiary/aromatic N) is 2. The van der Waals surface area contributed by atoms with Gasteiger partial charge in [-0.1, -0.05) is 35.4 Å². The van der Waals surface area contributed by atoms with Gasteiger partial charge in [-0.15, -0.1) is 5.10 Å². The zero-order valence-corrected chi connectivity index (χ0v) is 13.6. The van der Waals surface area contributed by atoms with Crippen LogP contribution in [0.4, 0.5) is 6.01 Å². The summed E-state index contributed by atoms with van der Waals surface area (Å²) in [4.78, 5) is 11.6. The van der Waals surface area contributed by atoms with Gasteiger partial charge in [0.15, 0.2) is 0 Å². The monoisotopic (exact) mass is 331 g/mol. The Morgan fingerprint density at radius 3 is 2.83 bits per heavy atom. The highest BCUT2D eigenvalue weighted by Gasteiger charge is 2.29. The highest BCUT2D eigenvalue weighted by molar-refractivity contribution is 5.70. The van der Waals surface area contributed by atoms with Crippen molar-refractivity contribution in [3.63, 3.8) is 0 Å². The number of hydrogen-bond donors (Lipinski definition) is 1. The smallest absolute Gasteiger partial charge is 0.315 e. The molecule has 1 heterocycles. The molecule has 0 radical (unpaired) electrons. The molecule has 7 heteroatoms. The van der Waals surface area contributed by atoms with Crippen LogP contribution in [0.1, 0.15) is 36.6 Å². The van der Waals surface area contributed by atoms with E-state index in [4.69, 9.17) is 13.9 Å². The molecule has 0 bridgehead atoms. The van der Waals surface area contributed by atoms with Gasteiger partial charge in [0, 0.05) is 5.92 Å². The topological polar surface area (TPSA) is 86.5 Å². The lowest BCUT2D eigenvalue weighted by molar-refractivity contribution is -0.141. The van der Waals surface area contributed by atoms with Crippen molar-refractivity contribution < 1.29 is 18.7 Å². The second-order valence-corrected chi connectivity index (χ2v) is 5.84. The molecule has 0 amide bonds. The van der Waals surface area contributed by atoms with Gasteiger partial charge in [-0.3, -0.25) is 4.79 Å². The lowest BCUT2D eigenvalue weighted by Gasteiger charge is -2.16. The Bertz CT molecular complexity index is 655. The van der Waals surface area contributed by atoms with Crippen molar-refractivity contribution in [1.82, 2.24) is 10.2 Å². The molecule has 2 aromatic rings. The maximum absolute atomic E-state index is 11.6. The number of methoxy groups -OCH3 is 1. The van der Waals surface area contributed by atoms with Crippen LogP contribution in [-0.2, 0) is 20.9 Å². The van der Waals surface area contributed by atoms with Crippen molar-refractivity contribution in [2.75, 3.05) is 19.0 Å². The van der Waals surface area contributed by atoms with Gasteiger partial charge in [0.1, 0.15) is 0 Å². The molecule has 1 saturated carbocycles. The fourth-order valence-electron chi connectivity index (χ4n) is 2.29. The number of carbonyl (C=O) groups excluding carboxylic acids is 1. The second kappa shape index (κ2) is 7.92. The molecule has 128 valence electrons. The summed E-state index contributed by atoms with van der Waals surface area (Å²) in [5.74, 6) is 0.721. The minimum Gasteiger partial charge on any atom is -0.469 e. The summed E-state index contributed by atoms with van der Waals surface area (Å²) in [6.07, 6.45) is 2.34. The number of carbonyl (C=O) groups is 1. The summed E-state index contributed by atoms with van der Waals surface area (Å²) in [5, 5.41) is 11.1. The minimum absolute atomic E-state index is 0.159. The van der Waals surface area contributed by atoms with Crippen molar-refractivity contribution in [2.24, 2.45) is 0 Å². The molecule has 0 spiro atoms. The first-order chi connectivity index (χ1) is 11.7. The van der Waals surface area contributed by atoms with Gasteiger partial charge in [-0.05, 0) is 18.4 Å². The normalized spacial score (nSPS) is 15.0. The van der Waals surface area contributed by atoms with E-state index in [9.17, 15) is 4.79 Å². The fraction of sp³-hybridized carbons (Fsp3) is 0.471. The summed E-state index contributed by atoms with van der Waals surface area (Å²) in [6, 6.07) is 9.87. The van der Waals surface area contributed by atoms with Gasteiger partial charge in [0.05, 0.1) is 32.8 Å². The lowest BCUT2D eigenvalue weighted by atomic mass is 10.2. The van der Waals surface area contributed by atoms with Gasteiger partial charge in [0.25, 0.3) is 0 Å². The van der Waals surface area contributed by atoms with Crippen LogP contribution in [0.5, 0.6) is 0 Å². The molecular weight excluding hydrogens is 310 g/mol. The second-order valence-electron chi connectivity index (χ2n) is 5.84. The molecule has 1 aromatic heterocycles. The first-order valence-electron chi connectivity index (χ1n) is 8.03. The van der Waals surface area contributed by atoms with Crippen LogP contribution in [0.3, 0.4) is 0 Å². The summed E-state index contributed by atoms with van der Waals surface area (Å²) < 4.78 is 16.0. The Morgan fingerprint density at radius 1 is 1.33 bits per heavy atom. The number of rotatable bonds is 9. The first kappa shape index (κ1) is 16.4. The molecule has 1 aliphatic carbocycles. The Labute approximate surface area is 140 Å². The number of anilines is 1. The Kier molecular flexibility index (Phi) is 5.43. The van der Waals surface area contributed by atoms with Crippen LogP contribution in [0.15, 0.2) is 34.7 Å². The Morgan fingerprint density at radius 2 is 2.12 bits per heavy atom. The zero-order chi connectivity index (χ0) is 16.8. The van der Waals surface area contributed by atoms with Gasteiger partial charge >= 0.3 is 12.0 Å². The minimum atomic E-state index is -0.322. The number of esters is 1. The van der Waals surface area contributed by atoms with Crippen LogP contribution in [-0.4, -0.2) is 35.9 Å². The molecule has 7 nitrogen and oxygen atoms in total. The van der Waals surface area contributed by atoms with Crippen LogP contribution < -0.4 is 5.32 Å². The fourth-order valence-corrected chi connectivity index (χ4v) is 2.29. The number of ether oxygens (including phenoxy) is 2.